The molecule has 1 saturated carbocycles. The molecule has 0 spiro atoms. The Hall–Kier alpha value is -1.29. The van der Waals surface area contributed by atoms with Crippen molar-refractivity contribution in [2.24, 2.45) is 0 Å². The highest BCUT2D eigenvalue weighted by Gasteiger charge is 2.33. The van der Waals surface area contributed by atoms with Crippen LogP contribution in [0.3, 0.4) is 0 Å². The van der Waals surface area contributed by atoms with Gasteiger partial charge in [0.25, 0.3) is 0 Å². The molecule has 3 rings (SSSR count). The van der Waals surface area contributed by atoms with Crippen molar-refractivity contribution in [3.63, 3.8) is 0 Å². The van der Waals surface area contributed by atoms with Gasteiger partial charge in [0, 0.05) is 24.8 Å². The largest absolute Gasteiger partial charge is 0.490 e. The average molecular weight is 275 g/mol. The standard InChI is InChI=1S/C16H25N3O/c1-2-11-20-15-6-4-10-18-16(15)19(14-7-8-14)12-13-5-3-9-17-13/h4,6,10,13-14,17H,2-3,5,7-9,11-12H2,1H3. The van der Waals surface area contributed by atoms with Crippen LogP contribution in [0.15, 0.2) is 18.3 Å². The van der Waals surface area contributed by atoms with E-state index in [4.69, 9.17) is 4.74 Å². The van der Waals surface area contributed by atoms with Gasteiger partial charge < -0.3 is 15.0 Å². The zero-order valence-corrected chi connectivity index (χ0v) is 12.3. The molecule has 0 aromatic carbocycles. The summed E-state index contributed by atoms with van der Waals surface area (Å²) in [4.78, 5) is 7.07. The molecule has 0 amide bonds. The highest BCUT2D eigenvalue weighted by Crippen LogP contribution is 2.36. The van der Waals surface area contributed by atoms with Crippen LogP contribution in [0.25, 0.3) is 0 Å². The van der Waals surface area contributed by atoms with Crippen molar-refractivity contribution in [3.8, 4) is 5.75 Å². The Kier molecular flexibility index (Phi) is 4.41. The molecule has 4 nitrogen and oxygen atoms in total. The molecule has 1 aliphatic carbocycles. The number of hydrogen-bond donors (Lipinski definition) is 1. The third kappa shape index (κ3) is 3.23. The van der Waals surface area contributed by atoms with Crippen LogP contribution in [-0.4, -0.2) is 36.8 Å². The molecule has 2 heterocycles. The maximum absolute atomic E-state index is 5.89. The van der Waals surface area contributed by atoms with Crippen molar-refractivity contribution >= 4 is 5.82 Å². The van der Waals surface area contributed by atoms with E-state index in [1.165, 1.54) is 25.7 Å². The molecular weight excluding hydrogens is 250 g/mol. The van der Waals surface area contributed by atoms with E-state index >= 15 is 0 Å². The van der Waals surface area contributed by atoms with Gasteiger partial charge in [-0.1, -0.05) is 6.92 Å². The molecule has 2 fully saturated rings. The Bertz CT molecular complexity index is 427. The minimum atomic E-state index is 0.608. The van der Waals surface area contributed by atoms with Gasteiger partial charge in [-0.25, -0.2) is 4.98 Å². The molecule has 1 aromatic heterocycles. The van der Waals surface area contributed by atoms with Crippen molar-refractivity contribution in [3.05, 3.63) is 18.3 Å². The van der Waals surface area contributed by atoms with Crippen LogP contribution in [0, 0.1) is 0 Å². The van der Waals surface area contributed by atoms with E-state index in [-0.39, 0.29) is 0 Å². The Labute approximate surface area is 121 Å². The van der Waals surface area contributed by atoms with Crippen molar-refractivity contribution in [2.45, 2.75) is 51.1 Å². The SMILES string of the molecule is CCCOc1cccnc1N(CC1CCCN1)C1CC1. The zero-order valence-electron chi connectivity index (χ0n) is 12.3. The number of nitrogens with one attached hydrogen (secondary N) is 1. The van der Waals surface area contributed by atoms with Gasteiger partial charge in [-0.15, -0.1) is 0 Å². The monoisotopic (exact) mass is 275 g/mol. The van der Waals surface area contributed by atoms with E-state index in [0.29, 0.717) is 12.1 Å². The summed E-state index contributed by atoms with van der Waals surface area (Å²) in [6.07, 6.45) is 8.06. The Morgan fingerprint density at radius 2 is 2.30 bits per heavy atom. The van der Waals surface area contributed by atoms with Crippen molar-refractivity contribution < 1.29 is 4.74 Å². The third-order valence-electron chi connectivity index (χ3n) is 4.05. The number of nitrogens with zero attached hydrogens (tertiary/aromatic N) is 2. The number of aromatic nitrogens is 1. The molecule has 1 aliphatic heterocycles. The molecule has 20 heavy (non-hydrogen) atoms. The van der Waals surface area contributed by atoms with Crippen molar-refractivity contribution in [1.82, 2.24) is 10.3 Å². The summed E-state index contributed by atoms with van der Waals surface area (Å²) in [5.74, 6) is 1.98. The summed E-state index contributed by atoms with van der Waals surface area (Å²) in [6, 6.07) is 5.29. The Morgan fingerprint density at radius 1 is 1.40 bits per heavy atom. The lowest BCUT2D eigenvalue weighted by Gasteiger charge is -2.28. The topological polar surface area (TPSA) is 37.4 Å². The van der Waals surface area contributed by atoms with Gasteiger partial charge >= 0.3 is 0 Å². The predicted octanol–water partition coefficient (Wildman–Crippen LogP) is 2.59. The first-order valence-electron chi connectivity index (χ1n) is 7.96. The summed E-state index contributed by atoms with van der Waals surface area (Å²) < 4.78 is 5.89. The van der Waals surface area contributed by atoms with Gasteiger partial charge in [0.05, 0.1) is 6.61 Å². The maximum atomic E-state index is 5.89. The molecule has 1 N–H and O–H groups in total. The molecule has 0 bridgehead atoms. The quantitative estimate of drug-likeness (QED) is 0.830. The van der Waals surface area contributed by atoms with Crippen LogP contribution in [0.2, 0.25) is 0 Å². The number of rotatable bonds is 7. The number of ether oxygens (including phenoxy) is 1. The van der Waals surface area contributed by atoms with E-state index in [1.807, 2.05) is 12.3 Å². The second-order valence-electron chi connectivity index (χ2n) is 5.85. The highest BCUT2D eigenvalue weighted by atomic mass is 16.5. The van der Waals surface area contributed by atoms with E-state index in [0.717, 1.165) is 37.7 Å². The maximum Gasteiger partial charge on any atom is 0.171 e. The summed E-state index contributed by atoms with van der Waals surface area (Å²) in [5.41, 5.74) is 0. The molecule has 4 heteroatoms. The van der Waals surface area contributed by atoms with Crippen LogP contribution in [0.1, 0.15) is 39.0 Å². The average Bonchev–Trinajstić information content (AvgIpc) is 3.20. The van der Waals surface area contributed by atoms with E-state index in [1.54, 1.807) is 0 Å². The molecule has 1 unspecified atom stereocenters. The lowest BCUT2D eigenvalue weighted by Crippen LogP contribution is -2.39. The predicted molar refractivity (Wildman–Crippen MR) is 81.4 cm³/mol. The van der Waals surface area contributed by atoms with Crippen LogP contribution in [0.5, 0.6) is 5.75 Å². The number of pyridine rings is 1. The fourth-order valence-corrected chi connectivity index (χ4v) is 2.87. The summed E-state index contributed by atoms with van der Waals surface area (Å²) in [7, 11) is 0. The normalized spacial score (nSPS) is 21.9. The van der Waals surface area contributed by atoms with Crippen molar-refractivity contribution in [2.75, 3.05) is 24.6 Å². The second kappa shape index (κ2) is 6.44. The van der Waals surface area contributed by atoms with Crippen molar-refractivity contribution in [1.29, 1.82) is 0 Å². The molecule has 2 aliphatic rings. The first-order valence-corrected chi connectivity index (χ1v) is 7.96. The molecule has 0 radical (unpaired) electrons. The summed E-state index contributed by atoms with van der Waals surface area (Å²) in [5, 5.41) is 3.59. The van der Waals surface area contributed by atoms with Crippen LogP contribution < -0.4 is 15.0 Å². The van der Waals surface area contributed by atoms with Gasteiger partial charge in [-0.05, 0) is 50.8 Å². The lowest BCUT2D eigenvalue weighted by atomic mass is 10.2. The van der Waals surface area contributed by atoms with Gasteiger partial charge in [-0.2, -0.15) is 0 Å². The minimum absolute atomic E-state index is 0.608. The first-order chi connectivity index (χ1) is 9.88. The van der Waals surface area contributed by atoms with Gasteiger partial charge in [0.15, 0.2) is 11.6 Å². The molecular formula is C16H25N3O. The number of anilines is 1. The van der Waals surface area contributed by atoms with E-state index in [9.17, 15) is 0 Å². The zero-order chi connectivity index (χ0) is 13.8. The lowest BCUT2D eigenvalue weighted by molar-refractivity contribution is 0.316. The van der Waals surface area contributed by atoms with Crippen LogP contribution >= 0.6 is 0 Å². The minimum Gasteiger partial charge on any atom is -0.490 e. The first kappa shape index (κ1) is 13.7. The van der Waals surface area contributed by atoms with Gasteiger partial charge in [0.1, 0.15) is 0 Å². The third-order valence-corrected chi connectivity index (χ3v) is 4.05. The second-order valence-corrected chi connectivity index (χ2v) is 5.85. The van der Waals surface area contributed by atoms with E-state index in [2.05, 4.69) is 28.2 Å². The molecule has 1 saturated heterocycles. The Morgan fingerprint density at radius 3 is 3.00 bits per heavy atom. The summed E-state index contributed by atoms with van der Waals surface area (Å²) in [6.45, 7) is 5.12. The van der Waals surface area contributed by atoms with Crippen LogP contribution in [-0.2, 0) is 0 Å². The van der Waals surface area contributed by atoms with Gasteiger partial charge in [0.2, 0.25) is 0 Å². The van der Waals surface area contributed by atoms with E-state index < -0.39 is 0 Å². The Balaban J connectivity index is 1.75. The molecule has 1 aromatic rings. The van der Waals surface area contributed by atoms with Crippen LogP contribution in [0.4, 0.5) is 5.82 Å². The summed E-state index contributed by atoms with van der Waals surface area (Å²) >= 11 is 0. The molecule has 110 valence electrons. The number of hydrogen-bond acceptors (Lipinski definition) is 4. The fraction of sp³-hybridized carbons (Fsp3) is 0.688. The molecule has 1 atom stereocenters. The fourth-order valence-electron chi connectivity index (χ4n) is 2.87. The highest BCUT2D eigenvalue weighted by molar-refractivity contribution is 5.54. The van der Waals surface area contributed by atoms with Gasteiger partial charge in [-0.3, -0.25) is 0 Å². The smallest absolute Gasteiger partial charge is 0.171 e.